The predicted octanol–water partition coefficient (Wildman–Crippen LogP) is 2.24. The normalized spacial score (nSPS) is 20.8. The number of sulfone groups is 1. The zero-order valence-electron chi connectivity index (χ0n) is 21.5. The fraction of sp³-hybridized carbons (Fsp3) is 0.308. The molecule has 4 aromatic heterocycles. The van der Waals surface area contributed by atoms with Gasteiger partial charge in [0, 0.05) is 41.6 Å². The highest BCUT2D eigenvalue weighted by Crippen LogP contribution is 2.45. The van der Waals surface area contributed by atoms with Gasteiger partial charge in [0.25, 0.3) is 5.91 Å². The number of piperidine rings is 1. The number of nitrogens with zero attached hydrogens (tertiary/aromatic N) is 8. The number of fused-ring (bicyclic) bond motifs is 3. The van der Waals surface area contributed by atoms with E-state index in [1.54, 1.807) is 17.1 Å². The second-order valence-electron chi connectivity index (χ2n) is 10.4. The number of amides is 1. The molecule has 0 spiro atoms. The Morgan fingerprint density at radius 2 is 1.82 bits per heavy atom. The van der Waals surface area contributed by atoms with Gasteiger partial charge in [-0.25, -0.2) is 23.1 Å². The molecule has 1 aromatic carbocycles. The van der Waals surface area contributed by atoms with Gasteiger partial charge in [0.15, 0.2) is 15.5 Å². The third-order valence-corrected chi connectivity index (χ3v) is 9.08. The molecule has 13 nitrogen and oxygen atoms in total. The summed E-state index contributed by atoms with van der Waals surface area (Å²) in [7, 11) is -3.74. The van der Waals surface area contributed by atoms with Crippen molar-refractivity contribution >= 4 is 27.2 Å². The Bertz CT molecular complexity index is 1830. The Hall–Kier alpha value is -4.59. The Balaban J connectivity index is 1.30. The number of para-hydroxylation sites is 1. The number of hydrogen-bond donors (Lipinski definition) is 2. The second kappa shape index (κ2) is 8.98. The molecule has 0 radical (unpaired) electrons. The van der Waals surface area contributed by atoms with E-state index >= 15 is 0 Å². The maximum Gasteiger partial charge on any atom is 0.291 e. The lowest BCUT2D eigenvalue weighted by molar-refractivity contribution is 0.0556. The van der Waals surface area contributed by atoms with Crippen LogP contribution in [-0.2, 0) is 9.84 Å². The van der Waals surface area contributed by atoms with Crippen molar-refractivity contribution in [3.05, 3.63) is 66.8 Å². The van der Waals surface area contributed by atoms with Gasteiger partial charge >= 0.3 is 0 Å². The van der Waals surface area contributed by atoms with E-state index in [0.29, 0.717) is 29.7 Å². The molecule has 0 saturated carbocycles. The summed E-state index contributed by atoms with van der Waals surface area (Å²) in [6.45, 7) is 0. The van der Waals surface area contributed by atoms with Crippen molar-refractivity contribution in [2.24, 2.45) is 0 Å². The van der Waals surface area contributed by atoms with Crippen molar-refractivity contribution in [3.63, 3.8) is 0 Å². The summed E-state index contributed by atoms with van der Waals surface area (Å²) in [5.41, 5.74) is 9.75. The Labute approximate surface area is 229 Å². The molecule has 3 N–H and O–H groups in total. The predicted molar refractivity (Wildman–Crippen MR) is 144 cm³/mol. The lowest BCUT2D eigenvalue weighted by Gasteiger charge is -2.38. The second-order valence-corrected chi connectivity index (χ2v) is 12.3. The first kappa shape index (κ1) is 24.5. The van der Waals surface area contributed by atoms with Crippen LogP contribution in [0.3, 0.4) is 0 Å². The van der Waals surface area contributed by atoms with Gasteiger partial charge in [0.05, 0.1) is 23.8 Å². The van der Waals surface area contributed by atoms with Crippen molar-refractivity contribution < 1.29 is 13.2 Å². The third-order valence-electron chi connectivity index (χ3n) is 7.92. The first-order valence-electron chi connectivity index (χ1n) is 12.9. The Morgan fingerprint density at radius 3 is 2.50 bits per heavy atom. The third kappa shape index (κ3) is 3.86. The molecule has 6 heterocycles. The quantitative estimate of drug-likeness (QED) is 0.328. The number of nitrogen functional groups attached to an aromatic ring is 1. The average Bonchev–Trinajstić information content (AvgIpc) is 3.74. The van der Waals surface area contributed by atoms with Crippen LogP contribution in [0.25, 0.3) is 22.5 Å². The first-order chi connectivity index (χ1) is 19.3. The molecule has 2 fully saturated rings. The standard InChI is InChI=1S/C26H26N10O3S/c1-40(38,39)22-21(15-9-18-7-8-19(10-15)35(18)26(37)24-28-14-29-33-24)32-25-20(12-31-36(25)23(22)27)16-11-30-34(13-16)17-5-3-2-4-6-17/h2-6,11-15,18-19H,7-10,27H2,1H3,(H,28,29,33)/t15?,18-,19+. The van der Waals surface area contributed by atoms with Gasteiger partial charge in [-0.1, -0.05) is 18.2 Å². The van der Waals surface area contributed by atoms with Gasteiger partial charge in [-0.3, -0.25) is 9.89 Å². The summed E-state index contributed by atoms with van der Waals surface area (Å²) in [5.74, 6) is -0.168. The molecule has 204 valence electrons. The number of nitrogens with two attached hydrogens (primary N) is 1. The van der Waals surface area contributed by atoms with Crippen molar-refractivity contribution in [2.75, 3.05) is 12.0 Å². The summed E-state index contributed by atoms with van der Waals surface area (Å²) in [5, 5.41) is 15.4. The van der Waals surface area contributed by atoms with Crippen LogP contribution >= 0.6 is 0 Å². The minimum atomic E-state index is -3.74. The van der Waals surface area contributed by atoms with Crippen LogP contribution in [0, 0.1) is 0 Å². The van der Waals surface area contributed by atoms with E-state index in [0.717, 1.165) is 30.3 Å². The number of carbonyl (C=O) groups is 1. The molecular formula is C26H26N10O3S. The van der Waals surface area contributed by atoms with Crippen LogP contribution in [0.4, 0.5) is 5.82 Å². The fourth-order valence-corrected chi connectivity index (χ4v) is 7.28. The number of benzene rings is 1. The van der Waals surface area contributed by atoms with Crippen LogP contribution < -0.4 is 5.73 Å². The zero-order chi connectivity index (χ0) is 27.6. The largest absolute Gasteiger partial charge is 0.382 e. The van der Waals surface area contributed by atoms with E-state index in [9.17, 15) is 13.2 Å². The smallest absolute Gasteiger partial charge is 0.291 e. The van der Waals surface area contributed by atoms with Crippen molar-refractivity contribution in [1.29, 1.82) is 0 Å². The van der Waals surface area contributed by atoms with E-state index in [2.05, 4.69) is 25.4 Å². The SMILES string of the molecule is CS(=O)(=O)c1c(C2C[C@H]3CC[C@@H](C2)N3C(=O)c2ncn[nH]2)nc2c(-c3cnn(-c4ccccc4)c3)cnn2c1N. The molecule has 2 aliphatic rings. The summed E-state index contributed by atoms with van der Waals surface area (Å²) < 4.78 is 29.2. The Morgan fingerprint density at radius 1 is 1.07 bits per heavy atom. The van der Waals surface area contributed by atoms with E-state index in [4.69, 9.17) is 10.7 Å². The van der Waals surface area contributed by atoms with Gasteiger partial charge in [0.2, 0.25) is 5.82 Å². The molecule has 1 unspecified atom stereocenters. The number of nitrogens with one attached hydrogen (secondary N) is 1. The molecule has 2 aliphatic heterocycles. The number of carbonyl (C=O) groups excluding carboxylic acids is 1. The van der Waals surface area contributed by atoms with Crippen LogP contribution in [0.15, 0.2) is 60.1 Å². The van der Waals surface area contributed by atoms with Crippen LogP contribution in [-0.4, -0.2) is 77.1 Å². The van der Waals surface area contributed by atoms with E-state index in [1.807, 2.05) is 41.4 Å². The molecule has 2 bridgehead atoms. The minimum absolute atomic E-state index is 0.00552. The summed E-state index contributed by atoms with van der Waals surface area (Å²) in [4.78, 5) is 24.0. The van der Waals surface area contributed by atoms with E-state index < -0.39 is 9.84 Å². The van der Waals surface area contributed by atoms with Gasteiger partial charge in [-0.2, -0.15) is 19.8 Å². The lowest BCUT2D eigenvalue weighted by atomic mass is 9.87. The van der Waals surface area contributed by atoms with Crippen LogP contribution in [0.1, 0.15) is 47.9 Å². The summed E-state index contributed by atoms with van der Waals surface area (Å²) in [6.07, 6.45) is 10.5. The highest BCUT2D eigenvalue weighted by molar-refractivity contribution is 7.91. The number of anilines is 1. The zero-order valence-corrected chi connectivity index (χ0v) is 22.4. The number of H-pyrrole nitrogens is 1. The Kier molecular flexibility index (Phi) is 5.49. The number of aromatic nitrogens is 8. The van der Waals surface area contributed by atoms with Gasteiger partial charge in [-0.15, -0.1) is 0 Å². The van der Waals surface area contributed by atoms with Crippen LogP contribution in [0.2, 0.25) is 0 Å². The summed E-state index contributed by atoms with van der Waals surface area (Å²) >= 11 is 0. The number of aromatic amines is 1. The highest BCUT2D eigenvalue weighted by Gasteiger charge is 2.46. The fourth-order valence-electron chi connectivity index (χ4n) is 6.22. The molecule has 7 rings (SSSR count). The molecule has 3 atom stereocenters. The molecular weight excluding hydrogens is 532 g/mol. The number of hydrogen-bond acceptors (Lipinski definition) is 9. The molecule has 14 heteroatoms. The topological polar surface area (TPSA) is 170 Å². The molecule has 40 heavy (non-hydrogen) atoms. The minimum Gasteiger partial charge on any atom is -0.382 e. The molecule has 0 aliphatic carbocycles. The van der Waals surface area contributed by atoms with Crippen molar-refractivity contribution in [3.8, 4) is 16.8 Å². The first-order valence-corrected chi connectivity index (χ1v) is 14.8. The lowest BCUT2D eigenvalue weighted by Crippen LogP contribution is -2.46. The highest BCUT2D eigenvalue weighted by atomic mass is 32.2. The van der Waals surface area contributed by atoms with E-state index in [-0.39, 0.29) is 40.4 Å². The van der Waals surface area contributed by atoms with Gasteiger partial charge in [-0.05, 0) is 37.8 Å². The maximum absolute atomic E-state index is 13.1. The van der Waals surface area contributed by atoms with Crippen LogP contribution in [0.5, 0.6) is 0 Å². The monoisotopic (exact) mass is 558 g/mol. The van der Waals surface area contributed by atoms with Crippen molar-refractivity contribution in [2.45, 2.75) is 48.6 Å². The average molecular weight is 559 g/mol. The summed E-state index contributed by atoms with van der Waals surface area (Å²) in [6, 6.07) is 9.58. The molecule has 2 saturated heterocycles. The molecule has 1 amide bonds. The van der Waals surface area contributed by atoms with Gasteiger partial charge in [0.1, 0.15) is 17.0 Å². The maximum atomic E-state index is 13.1. The number of rotatable bonds is 5. The van der Waals surface area contributed by atoms with E-state index in [1.165, 1.54) is 10.8 Å². The van der Waals surface area contributed by atoms with Gasteiger partial charge < -0.3 is 10.6 Å². The molecule has 5 aromatic rings. The van der Waals surface area contributed by atoms with Crippen molar-refractivity contribution in [1.82, 2.24) is 44.5 Å².